The fraction of sp³-hybridized carbons (Fsp3) is 0.308. The van der Waals surface area contributed by atoms with Crippen LogP contribution in [0, 0.1) is 0 Å². The molecule has 19 heavy (non-hydrogen) atoms. The lowest BCUT2D eigenvalue weighted by Crippen LogP contribution is -2.17. The predicted octanol–water partition coefficient (Wildman–Crippen LogP) is 3.60. The quantitative estimate of drug-likeness (QED) is 0.880. The summed E-state index contributed by atoms with van der Waals surface area (Å²) < 4.78 is 28.3. The van der Waals surface area contributed by atoms with Crippen LogP contribution in [0.15, 0.2) is 35.8 Å². The van der Waals surface area contributed by atoms with Crippen molar-refractivity contribution in [1.29, 1.82) is 0 Å². The third-order valence-electron chi connectivity index (χ3n) is 2.58. The van der Waals surface area contributed by atoms with Gasteiger partial charge in [-0.2, -0.15) is 8.78 Å². The Hall–Kier alpha value is -1.53. The van der Waals surface area contributed by atoms with E-state index in [1.165, 1.54) is 12.1 Å². The fourth-order valence-corrected chi connectivity index (χ4v) is 2.27. The van der Waals surface area contributed by atoms with E-state index in [-0.39, 0.29) is 11.8 Å². The van der Waals surface area contributed by atoms with Gasteiger partial charge in [0.25, 0.3) is 0 Å². The molecular weight excluding hydrogens is 270 g/mol. The van der Waals surface area contributed by atoms with Crippen molar-refractivity contribution in [3.8, 4) is 5.75 Å². The normalized spacial score (nSPS) is 12.6. The molecule has 6 heteroatoms. The second kappa shape index (κ2) is 6.58. The van der Waals surface area contributed by atoms with E-state index in [4.69, 9.17) is 0 Å². The summed E-state index contributed by atoms with van der Waals surface area (Å²) in [6.07, 6.45) is 1.77. The summed E-state index contributed by atoms with van der Waals surface area (Å²) in [7, 11) is 0. The van der Waals surface area contributed by atoms with Gasteiger partial charge in [-0.15, -0.1) is 11.3 Å². The number of thiazole rings is 1. The van der Waals surface area contributed by atoms with Gasteiger partial charge in [-0.3, -0.25) is 0 Å². The molecule has 0 bridgehead atoms. The first kappa shape index (κ1) is 13.9. The van der Waals surface area contributed by atoms with Gasteiger partial charge in [0.15, 0.2) is 0 Å². The van der Waals surface area contributed by atoms with Crippen molar-refractivity contribution in [3.05, 3.63) is 46.4 Å². The minimum absolute atomic E-state index is 0.164. The standard InChI is InChI=1S/C13H14F2N2OS/c1-9(12-16-6-7-19-12)17-8-10-2-4-11(5-3-10)18-13(14)15/h2-7,9,13,17H,8H2,1H3. The maximum absolute atomic E-state index is 12.0. The molecule has 102 valence electrons. The zero-order valence-corrected chi connectivity index (χ0v) is 11.2. The Balaban J connectivity index is 1.86. The van der Waals surface area contributed by atoms with Crippen LogP contribution in [0.2, 0.25) is 0 Å². The van der Waals surface area contributed by atoms with E-state index in [1.54, 1.807) is 29.7 Å². The Bertz CT molecular complexity index is 488. The highest BCUT2D eigenvalue weighted by atomic mass is 32.1. The molecule has 0 saturated carbocycles. The van der Waals surface area contributed by atoms with E-state index >= 15 is 0 Å². The maximum Gasteiger partial charge on any atom is 0.387 e. The molecule has 3 nitrogen and oxygen atoms in total. The molecule has 1 unspecified atom stereocenters. The molecule has 0 radical (unpaired) electrons. The molecule has 1 atom stereocenters. The average molecular weight is 284 g/mol. The number of benzene rings is 1. The van der Waals surface area contributed by atoms with Gasteiger partial charge in [0.05, 0.1) is 6.04 Å². The molecule has 0 aliphatic rings. The van der Waals surface area contributed by atoms with Gasteiger partial charge in [0.1, 0.15) is 10.8 Å². The van der Waals surface area contributed by atoms with Gasteiger partial charge in [0, 0.05) is 18.1 Å². The lowest BCUT2D eigenvalue weighted by Gasteiger charge is -2.11. The lowest BCUT2D eigenvalue weighted by atomic mass is 10.2. The van der Waals surface area contributed by atoms with Crippen molar-refractivity contribution < 1.29 is 13.5 Å². The van der Waals surface area contributed by atoms with Crippen molar-refractivity contribution in [3.63, 3.8) is 0 Å². The molecule has 0 amide bonds. The van der Waals surface area contributed by atoms with Gasteiger partial charge in [-0.1, -0.05) is 12.1 Å². The molecular formula is C13H14F2N2OS. The Morgan fingerprint density at radius 3 is 2.63 bits per heavy atom. The van der Waals surface area contributed by atoms with Crippen LogP contribution in [0.3, 0.4) is 0 Å². The molecule has 1 aromatic carbocycles. The molecule has 1 heterocycles. The third-order valence-corrected chi connectivity index (χ3v) is 3.54. The summed E-state index contributed by atoms with van der Waals surface area (Å²) in [4.78, 5) is 4.23. The molecule has 0 aliphatic heterocycles. The number of hydrogen-bond acceptors (Lipinski definition) is 4. The highest BCUT2D eigenvalue weighted by Crippen LogP contribution is 2.17. The zero-order chi connectivity index (χ0) is 13.7. The number of aromatic nitrogens is 1. The van der Waals surface area contributed by atoms with E-state index in [0.29, 0.717) is 6.54 Å². The number of rotatable bonds is 6. The highest BCUT2D eigenvalue weighted by Gasteiger charge is 2.07. The number of alkyl halides is 2. The molecule has 2 aromatic rings. The lowest BCUT2D eigenvalue weighted by molar-refractivity contribution is -0.0498. The Morgan fingerprint density at radius 1 is 1.32 bits per heavy atom. The number of ether oxygens (including phenoxy) is 1. The Morgan fingerprint density at radius 2 is 2.05 bits per heavy atom. The summed E-state index contributed by atoms with van der Waals surface area (Å²) >= 11 is 1.60. The molecule has 0 aliphatic carbocycles. The van der Waals surface area contributed by atoms with Crippen molar-refractivity contribution >= 4 is 11.3 Å². The molecule has 1 N–H and O–H groups in total. The fourth-order valence-electron chi connectivity index (χ4n) is 1.60. The summed E-state index contributed by atoms with van der Waals surface area (Å²) in [6.45, 7) is -0.100. The summed E-state index contributed by atoms with van der Waals surface area (Å²) in [5, 5.41) is 6.28. The van der Waals surface area contributed by atoms with Gasteiger partial charge in [0.2, 0.25) is 0 Å². The van der Waals surface area contributed by atoms with E-state index in [1.807, 2.05) is 12.3 Å². The molecule has 0 saturated heterocycles. The van der Waals surface area contributed by atoms with Crippen LogP contribution < -0.4 is 10.1 Å². The van der Waals surface area contributed by atoms with Gasteiger partial charge in [-0.25, -0.2) is 4.98 Å². The van der Waals surface area contributed by atoms with Crippen molar-refractivity contribution in [1.82, 2.24) is 10.3 Å². The second-order valence-electron chi connectivity index (χ2n) is 4.00. The first-order valence-electron chi connectivity index (χ1n) is 5.81. The number of nitrogens with zero attached hydrogens (tertiary/aromatic N) is 1. The van der Waals surface area contributed by atoms with Crippen LogP contribution in [-0.4, -0.2) is 11.6 Å². The topological polar surface area (TPSA) is 34.1 Å². The molecule has 1 aromatic heterocycles. The van der Waals surface area contributed by atoms with Crippen LogP contribution in [-0.2, 0) is 6.54 Å². The molecule has 2 rings (SSSR count). The van der Waals surface area contributed by atoms with E-state index in [9.17, 15) is 8.78 Å². The average Bonchev–Trinajstić information content (AvgIpc) is 2.91. The Kier molecular flexibility index (Phi) is 4.81. The summed E-state index contributed by atoms with van der Waals surface area (Å²) in [5.74, 6) is 0.173. The minimum atomic E-state index is -2.78. The van der Waals surface area contributed by atoms with Crippen LogP contribution in [0.1, 0.15) is 23.5 Å². The first-order valence-corrected chi connectivity index (χ1v) is 6.69. The van der Waals surface area contributed by atoms with Gasteiger partial charge in [-0.05, 0) is 24.6 Å². The second-order valence-corrected chi connectivity index (χ2v) is 4.92. The highest BCUT2D eigenvalue weighted by molar-refractivity contribution is 7.09. The van der Waals surface area contributed by atoms with Crippen LogP contribution in [0.4, 0.5) is 8.78 Å². The van der Waals surface area contributed by atoms with Crippen molar-refractivity contribution in [2.24, 2.45) is 0 Å². The predicted molar refractivity (Wildman–Crippen MR) is 70.4 cm³/mol. The van der Waals surface area contributed by atoms with E-state index in [2.05, 4.69) is 15.0 Å². The third kappa shape index (κ3) is 4.25. The smallest absolute Gasteiger partial charge is 0.387 e. The number of nitrogens with one attached hydrogen (secondary N) is 1. The van der Waals surface area contributed by atoms with Gasteiger partial charge < -0.3 is 10.1 Å². The monoisotopic (exact) mass is 284 g/mol. The largest absolute Gasteiger partial charge is 0.435 e. The molecule has 0 spiro atoms. The number of hydrogen-bond donors (Lipinski definition) is 1. The Labute approximate surface area is 114 Å². The molecule has 0 fully saturated rings. The van der Waals surface area contributed by atoms with Crippen LogP contribution in [0.25, 0.3) is 0 Å². The first-order chi connectivity index (χ1) is 9.15. The summed E-state index contributed by atoms with van der Waals surface area (Å²) in [5.41, 5.74) is 1.00. The maximum atomic E-state index is 12.0. The van der Waals surface area contributed by atoms with E-state index in [0.717, 1.165) is 10.6 Å². The van der Waals surface area contributed by atoms with E-state index < -0.39 is 6.61 Å². The zero-order valence-electron chi connectivity index (χ0n) is 10.3. The van der Waals surface area contributed by atoms with Crippen LogP contribution >= 0.6 is 11.3 Å². The SMILES string of the molecule is CC(NCc1ccc(OC(F)F)cc1)c1nccs1. The minimum Gasteiger partial charge on any atom is -0.435 e. The van der Waals surface area contributed by atoms with Gasteiger partial charge >= 0.3 is 6.61 Å². The number of halogens is 2. The van der Waals surface area contributed by atoms with Crippen LogP contribution in [0.5, 0.6) is 5.75 Å². The van der Waals surface area contributed by atoms with Crippen molar-refractivity contribution in [2.45, 2.75) is 26.1 Å². The van der Waals surface area contributed by atoms with Crippen molar-refractivity contribution in [2.75, 3.05) is 0 Å². The summed E-state index contributed by atoms with van der Waals surface area (Å²) in [6, 6.07) is 6.77.